The molecule has 61 heavy (non-hydrogen) atoms. The van der Waals surface area contributed by atoms with Gasteiger partial charge in [0, 0.05) is 12.8 Å². The van der Waals surface area contributed by atoms with E-state index in [1.54, 1.807) is 0 Å². The molecule has 0 rings (SSSR count). The molecule has 0 aromatic heterocycles. The van der Waals surface area contributed by atoms with Gasteiger partial charge in [-0.25, -0.2) is 9.13 Å². The van der Waals surface area contributed by atoms with Crippen LogP contribution in [0.15, 0.2) is 97.2 Å². The largest absolute Gasteiger partial charge is 0.472 e. The highest BCUT2D eigenvalue weighted by atomic mass is 31.2. The monoisotopic (exact) mass is 898 g/mol. The first kappa shape index (κ1) is 58.0. The molecular formula is C46H76O13P2. The van der Waals surface area contributed by atoms with Crippen molar-refractivity contribution in [2.75, 3.05) is 26.4 Å². The van der Waals surface area contributed by atoms with Crippen molar-refractivity contribution in [3.8, 4) is 0 Å². The van der Waals surface area contributed by atoms with Crippen LogP contribution in [0.2, 0.25) is 0 Å². The molecule has 0 bridgehead atoms. The van der Waals surface area contributed by atoms with Crippen LogP contribution in [0.1, 0.15) is 142 Å². The lowest BCUT2D eigenvalue weighted by molar-refractivity contribution is -0.161. The van der Waals surface area contributed by atoms with E-state index in [-0.39, 0.29) is 12.8 Å². The topological polar surface area (TPSA) is 195 Å². The number of phosphoric acid groups is 2. The zero-order valence-corrected chi connectivity index (χ0v) is 38.5. The van der Waals surface area contributed by atoms with Crippen LogP contribution >= 0.6 is 15.6 Å². The van der Waals surface area contributed by atoms with Gasteiger partial charge in [0.2, 0.25) is 0 Å². The lowest BCUT2D eigenvalue weighted by Gasteiger charge is -2.20. The maximum atomic E-state index is 12.7. The molecule has 0 fully saturated rings. The summed E-state index contributed by atoms with van der Waals surface area (Å²) in [6, 6.07) is 0. The molecule has 0 amide bonds. The number of rotatable bonds is 40. The molecule has 13 nitrogen and oxygen atoms in total. The van der Waals surface area contributed by atoms with Crippen LogP contribution < -0.4 is 0 Å². The van der Waals surface area contributed by atoms with E-state index in [0.29, 0.717) is 12.8 Å². The molecule has 1 unspecified atom stereocenters. The maximum Gasteiger partial charge on any atom is 0.472 e. The summed E-state index contributed by atoms with van der Waals surface area (Å²) >= 11 is 0. The molecule has 0 aromatic carbocycles. The predicted octanol–water partition coefficient (Wildman–Crippen LogP) is 11.3. The van der Waals surface area contributed by atoms with Crippen molar-refractivity contribution in [3.63, 3.8) is 0 Å². The number of aliphatic hydroxyl groups is 1. The molecule has 0 saturated carbocycles. The van der Waals surface area contributed by atoms with Crippen LogP contribution in [-0.4, -0.2) is 70.4 Å². The van der Waals surface area contributed by atoms with Gasteiger partial charge in [0.1, 0.15) is 12.7 Å². The quantitative estimate of drug-likeness (QED) is 0.0196. The minimum absolute atomic E-state index is 0.0780. The SMILES string of the molecule is CC/C=C\C/C=C\C/C=C\C/C=C\C/C=C\CCCCCC(=O)O[C@H](COC(=O)CCCC/C=C\C/C=C\C/C=C\CCCCC)COP(=O)(O)OC[C@@H](O)COP(=O)(O)O. The van der Waals surface area contributed by atoms with Crippen molar-refractivity contribution in [1.82, 2.24) is 0 Å². The minimum atomic E-state index is -4.87. The lowest BCUT2D eigenvalue weighted by Crippen LogP contribution is -2.30. The van der Waals surface area contributed by atoms with E-state index in [1.807, 2.05) is 0 Å². The van der Waals surface area contributed by atoms with Gasteiger partial charge >= 0.3 is 27.6 Å². The first-order valence-corrected chi connectivity index (χ1v) is 25.0. The van der Waals surface area contributed by atoms with Gasteiger partial charge in [0.15, 0.2) is 6.10 Å². The Balaban J connectivity index is 4.66. The molecule has 15 heteroatoms. The van der Waals surface area contributed by atoms with Crippen LogP contribution in [0.25, 0.3) is 0 Å². The van der Waals surface area contributed by atoms with Crippen LogP contribution in [0.4, 0.5) is 0 Å². The van der Waals surface area contributed by atoms with Crippen LogP contribution in [0, 0.1) is 0 Å². The Bertz CT molecular complexity index is 1440. The van der Waals surface area contributed by atoms with Crippen molar-refractivity contribution in [1.29, 1.82) is 0 Å². The standard InChI is InChI=1S/C46H76O13P2/c1-3-5-7-9-11-13-15-17-19-20-21-22-24-26-28-30-32-34-36-38-46(49)59-44(42-58-61(53,54)57-40-43(47)39-56-60(50,51)52)41-55-45(48)37-35-33-31-29-27-25-23-18-16-14-12-10-8-6-4-2/h5,7,11-14,17-19,21-23,26-29,43-44,47H,3-4,6,8-10,15-16,20,24-25,30-42H2,1-2H3,(H,53,54)(H2,50,51,52)/b7-5-,13-11-,14-12-,19-17-,22-21-,23-18-,28-26-,29-27-/t43-,44+/m0/s1. The van der Waals surface area contributed by atoms with Crippen molar-refractivity contribution in [2.45, 2.75) is 154 Å². The smallest absolute Gasteiger partial charge is 0.462 e. The predicted molar refractivity (Wildman–Crippen MR) is 243 cm³/mol. The third-order valence-electron chi connectivity index (χ3n) is 8.45. The third-order valence-corrected chi connectivity index (χ3v) is 9.88. The number of allylic oxidation sites excluding steroid dienone is 16. The Kier molecular flexibility index (Phi) is 39.1. The Morgan fingerprint density at radius 2 is 0.902 bits per heavy atom. The number of unbranched alkanes of at least 4 members (excludes halogenated alkanes) is 8. The molecule has 0 aromatic rings. The number of carbonyl (C=O) groups is 2. The Morgan fingerprint density at radius 1 is 0.492 bits per heavy atom. The summed E-state index contributed by atoms with van der Waals surface area (Å²) in [5.41, 5.74) is 0. The van der Waals surface area contributed by atoms with E-state index >= 15 is 0 Å². The number of hydrogen-bond donors (Lipinski definition) is 4. The van der Waals surface area contributed by atoms with Gasteiger partial charge < -0.3 is 29.3 Å². The Morgan fingerprint density at radius 3 is 1.39 bits per heavy atom. The van der Waals surface area contributed by atoms with Gasteiger partial charge in [-0.2, -0.15) is 0 Å². The van der Waals surface area contributed by atoms with Gasteiger partial charge in [0.25, 0.3) is 0 Å². The molecule has 0 spiro atoms. The number of carbonyl (C=O) groups excluding carboxylic acids is 2. The zero-order valence-electron chi connectivity index (χ0n) is 36.7. The highest BCUT2D eigenvalue weighted by Gasteiger charge is 2.28. The number of ether oxygens (including phenoxy) is 2. The normalized spacial score (nSPS) is 14.9. The zero-order chi connectivity index (χ0) is 45.1. The molecule has 0 aliphatic rings. The molecular weight excluding hydrogens is 822 g/mol. The van der Waals surface area contributed by atoms with E-state index in [1.165, 1.54) is 19.3 Å². The lowest BCUT2D eigenvalue weighted by atomic mass is 10.1. The van der Waals surface area contributed by atoms with Gasteiger partial charge in [-0.3, -0.25) is 23.2 Å². The summed E-state index contributed by atoms with van der Waals surface area (Å²) in [7, 11) is -9.71. The molecule has 0 heterocycles. The first-order valence-electron chi connectivity index (χ1n) is 21.9. The Labute approximate surface area is 366 Å². The number of esters is 2. The molecule has 348 valence electrons. The van der Waals surface area contributed by atoms with Crippen molar-refractivity contribution < 1.29 is 61.6 Å². The number of hydrogen-bond acceptors (Lipinski definition) is 10. The average molecular weight is 899 g/mol. The fourth-order valence-electron chi connectivity index (χ4n) is 5.14. The first-order chi connectivity index (χ1) is 29.4. The van der Waals surface area contributed by atoms with Crippen LogP contribution in [0.5, 0.6) is 0 Å². The number of aliphatic hydroxyl groups excluding tert-OH is 1. The molecule has 0 saturated heterocycles. The summed E-state index contributed by atoms with van der Waals surface area (Å²) < 4.78 is 47.7. The van der Waals surface area contributed by atoms with Crippen molar-refractivity contribution >= 4 is 27.6 Å². The van der Waals surface area contributed by atoms with E-state index in [4.69, 9.17) is 23.8 Å². The second-order valence-electron chi connectivity index (χ2n) is 14.2. The van der Waals surface area contributed by atoms with E-state index in [0.717, 1.165) is 83.5 Å². The second kappa shape index (κ2) is 41.1. The van der Waals surface area contributed by atoms with E-state index in [2.05, 4.69) is 120 Å². The summed E-state index contributed by atoms with van der Waals surface area (Å²) in [5, 5.41) is 9.75. The van der Waals surface area contributed by atoms with E-state index in [9.17, 15) is 28.7 Å². The maximum absolute atomic E-state index is 12.7. The Hall–Kier alpha value is -2.96. The number of phosphoric ester groups is 2. The molecule has 3 atom stereocenters. The van der Waals surface area contributed by atoms with Gasteiger partial charge in [0.05, 0.1) is 19.8 Å². The summed E-state index contributed by atoms with van der Waals surface area (Å²) in [6.45, 7) is 1.52. The highest BCUT2D eigenvalue weighted by Crippen LogP contribution is 2.43. The van der Waals surface area contributed by atoms with Crippen molar-refractivity contribution in [3.05, 3.63) is 97.2 Å². The minimum Gasteiger partial charge on any atom is -0.462 e. The van der Waals surface area contributed by atoms with Crippen LogP contribution in [0.3, 0.4) is 0 Å². The van der Waals surface area contributed by atoms with Crippen LogP contribution in [-0.2, 0) is 41.8 Å². The second-order valence-corrected chi connectivity index (χ2v) is 16.9. The molecule has 4 N–H and O–H groups in total. The average Bonchev–Trinajstić information content (AvgIpc) is 3.22. The summed E-state index contributed by atoms with van der Waals surface area (Å²) in [6.07, 6.45) is 48.3. The third kappa shape index (κ3) is 44.9. The molecule has 0 aliphatic carbocycles. The van der Waals surface area contributed by atoms with Gasteiger partial charge in [-0.05, 0) is 96.3 Å². The highest BCUT2D eigenvalue weighted by molar-refractivity contribution is 7.47. The molecule has 0 radical (unpaired) electrons. The van der Waals surface area contributed by atoms with Crippen molar-refractivity contribution in [2.24, 2.45) is 0 Å². The van der Waals surface area contributed by atoms with E-state index < -0.39 is 66.2 Å². The summed E-state index contributed by atoms with van der Waals surface area (Å²) in [5.74, 6) is -1.12. The van der Waals surface area contributed by atoms with Gasteiger partial charge in [-0.1, -0.05) is 130 Å². The summed E-state index contributed by atoms with van der Waals surface area (Å²) in [4.78, 5) is 52.7. The fraction of sp³-hybridized carbons (Fsp3) is 0.609. The fourth-order valence-corrected chi connectivity index (χ4v) is 6.30. The van der Waals surface area contributed by atoms with Gasteiger partial charge in [-0.15, -0.1) is 0 Å². The molecule has 0 aliphatic heterocycles.